The third kappa shape index (κ3) is 1.93. The summed E-state index contributed by atoms with van der Waals surface area (Å²) in [4.78, 5) is 10.5. The van der Waals surface area contributed by atoms with Crippen molar-refractivity contribution in [1.29, 1.82) is 0 Å². The molecule has 0 spiro atoms. The fourth-order valence-electron chi connectivity index (χ4n) is 1.63. The van der Waals surface area contributed by atoms with Gasteiger partial charge in [-0.3, -0.25) is 0 Å². The molecule has 0 unspecified atom stereocenters. The quantitative estimate of drug-likeness (QED) is 0.645. The van der Waals surface area contributed by atoms with Gasteiger partial charge in [-0.15, -0.1) is 0 Å². The molecule has 1 fully saturated rings. The van der Waals surface area contributed by atoms with E-state index in [9.17, 15) is 0 Å². The summed E-state index contributed by atoms with van der Waals surface area (Å²) >= 11 is 0. The number of aromatic nitrogens is 2. The highest BCUT2D eigenvalue weighted by atomic mass is 15.2. The zero-order valence-electron chi connectivity index (χ0n) is 8.32. The molecule has 2 heterocycles. The Morgan fingerprint density at radius 2 is 2.07 bits per heavy atom. The van der Waals surface area contributed by atoms with Crippen LogP contribution in [0.2, 0.25) is 0 Å². The predicted octanol–water partition coefficient (Wildman–Crippen LogP) is -0.223. The van der Waals surface area contributed by atoms with Crippen LogP contribution in [-0.4, -0.2) is 36.1 Å². The Kier molecular flexibility index (Phi) is 2.49. The first-order valence-electron chi connectivity index (χ1n) is 4.82. The van der Waals surface area contributed by atoms with E-state index in [4.69, 9.17) is 5.73 Å². The maximum absolute atomic E-state index is 5.60. The van der Waals surface area contributed by atoms with E-state index in [0.717, 1.165) is 37.7 Å². The molecule has 0 aliphatic carbocycles. The van der Waals surface area contributed by atoms with Gasteiger partial charge < -0.3 is 16.0 Å². The summed E-state index contributed by atoms with van der Waals surface area (Å²) in [5, 5.41) is 3.30. The number of hydrogen-bond donors (Lipinski definition) is 2. The summed E-state index contributed by atoms with van der Waals surface area (Å²) in [6, 6.07) is 1.97. The number of anilines is 2. The van der Waals surface area contributed by atoms with Crippen LogP contribution in [0.1, 0.15) is 5.69 Å². The van der Waals surface area contributed by atoms with Crippen molar-refractivity contribution in [2.24, 2.45) is 0 Å². The number of rotatable bonds is 1. The average molecular weight is 193 g/mol. The standard InChI is InChI=1S/C9H15N5/c1-7-6-8(13-9(10)12-7)14-4-2-11-3-5-14/h6,11H,2-5H2,1H3,(H2,10,12,13). The van der Waals surface area contributed by atoms with Crippen LogP contribution in [0.15, 0.2) is 6.07 Å². The predicted molar refractivity (Wildman–Crippen MR) is 56.3 cm³/mol. The SMILES string of the molecule is Cc1cc(N2CCNCC2)nc(N)n1. The van der Waals surface area contributed by atoms with Gasteiger partial charge in [0.05, 0.1) is 0 Å². The first-order valence-corrected chi connectivity index (χ1v) is 4.82. The summed E-state index contributed by atoms with van der Waals surface area (Å²) in [6.07, 6.45) is 0. The molecule has 1 aromatic rings. The number of nitrogens with one attached hydrogen (secondary N) is 1. The van der Waals surface area contributed by atoms with Crippen LogP contribution in [0.3, 0.4) is 0 Å². The van der Waals surface area contributed by atoms with E-state index in [1.54, 1.807) is 0 Å². The van der Waals surface area contributed by atoms with Crippen LogP contribution >= 0.6 is 0 Å². The molecular formula is C9H15N5. The molecule has 0 aromatic carbocycles. The highest BCUT2D eigenvalue weighted by Gasteiger charge is 2.12. The van der Waals surface area contributed by atoms with Crippen LogP contribution in [0.5, 0.6) is 0 Å². The number of hydrogen-bond acceptors (Lipinski definition) is 5. The van der Waals surface area contributed by atoms with Crippen LogP contribution in [-0.2, 0) is 0 Å². The summed E-state index contributed by atoms with van der Waals surface area (Å²) in [6.45, 7) is 5.90. The van der Waals surface area contributed by atoms with Crippen molar-refractivity contribution >= 4 is 11.8 Å². The van der Waals surface area contributed by atoms with Gasteiger partial charge in [0.25, 0.3) is 0 Å². The largest absolute Gasteiger partial charge is 0.368 e. The monoisotopic (exact) mass is 193 g/mol. The molecular weight excluding hydrogens is 178 g/mol. The minimum atomic E-state index is 0.360. The molecule has 14 heavy (non-hydrogen) atoms. The van der Waals surface area contributed by atoms with Gasteiger partial charge in [-0.1, -0.05) is 0 Å². The lowest BCUT2D eigenvalue weighted by Gasteiger charge is -2.28. The molecule has 1 aliphatic heterocycles. The minimum Gasteiger partial charge on any atom is -0.368 e. The van der Waals surface area contributed by atoms with Gasteiger partial charge in [0.15, 0.2) is 0 Å². The summed E-state index contributed by atoms with van der Waals surface area (Å²) in [5.74, 6) is 1.30. The molecule has 0 saturated carbocycles. The Hall–Kier alpha value is -1.36. The highest BCUT2D eigenvalue weighted by molar-refractivity contribution is 5.43. The average Bonchev–Trinajstić information content (AvgIpc) is 2.18. The minimum absolute atomic E-state index is 0.360. The highest BCUT2D eigenvalue weighted by Crippen LogP contribution is 2.13. The first-order chi connectivity index (χ1) is 6.75. The molecule has 5 heteroatoms. The molecule has 0 atom stereocenters. The Balaban J connectivity index is 2.21. The second kappa shape index (κ2) is 3.79. The topological polar surface area (TPSA) is 67.1 Å². The Labute approximate surface area is 83.3 Å². The number of piperazine rings is 1. The lowest BCUT2D eigenvalue weighted by molar-refractivity contribution is 0.584. The molecule has 1 aliphatic rings. The van der Waals surface area contributed by atoms with E-state index < -0.39 is 0 Å². The zero-order valence-corrected chi connectivity index (χ0v) is 8.32. The van der Waals surface area contributed by atoms with Crippen molar-refractivity contribution in [3.8, 4) is 0 Å². The van der Waals surface area contributed by atoms with Crippen molar-refractivity contribution in [3.63, 3.8) is 0 Å². The van der Waals surface area contributed by atoms with Crippen molar-refractivity contribution in [2.75, 3.05) is 36.8 Å². The Bertz CT molecular complexity index is 299. The van der Waals surface area contributed by atoms with Gasteiger partial charge in [0, 0.05) is 37.9 Å². The smallest absolute Gasteiger partial charge is 0.222 e. The third-order valence-electron chi connectivity index (χ3n) is 2.30. The van der Waals surface area contributed by atoms with Gasteiger partial charge in [-0.2, -0.15) is 4.98 Å². The zero-order chi connectivity index (χ0) is 9.97. The number of aryl methyl sites for hydroxylation is 1. The van der Waals surface area contributed by atoms with Gasteiger partial charge in [0.2, 0.25) is 5.95 Å². The third-order valence-corrected chi connectivity index (χ3v) is 2.30. The molecule has 3 N–H and O–H groups in total. The number of nitrogen functional groups attached to an aromatic ring is 1. The molecule has 1 aromatic heterocycles. The van der Waals surface area contributed by atoms with Gasteiger partial charge in [-0.05, 0) is 6.92 Å². The summed E-state index contributed by atoms with van der Waals surface area (Å²) < 4.78 is 0. The lowest BCUT2D eigenvalue weighted by atomic mass is 10.3. The van der Waals surface area contributed by atoms with Gasteiger partial charge in [-0.25, -0.2) is 4.98 Å². The van der Waals surface area contributed by atoms with Crippen molar-refractivity contribution < 1.29 is 0 Å². The van der Waals surface area contributed by atoms with E-state index in [1.165, 1.54) is 0 Å². The second-order valence-electron chi connectivity index (χ2n) is 3.46. The van der Waals surface area contributed by atoms with E-state index in [-0.39, 0.29) is 0 Å². The van der Waals surface area contributed by atoms with E-state index in [0.29, 0.717) is 5.95 Å². The normalized spacial score (nSPS) is 17.1. The lowest BCUT2D eigenvalue weighted by Crippen LogP contribution is -2.44. The van der Waals surface area contributed by atoms with Crippen LogP contribution in [0, 0.1) is 6.92 Å². The van der Waals surface area contributed by atoms with Crippen molar-refractivity contribution in [2.45, 2.75) is 6.92 Å². The summed E-state index contributed by atoms with van der Waals surface area (Å²) in [5.41, 5.74) is 6.52. The van der Waals surface area contributed by atoms with Crippen molar-refractivity contribution in [3.05, 3.63) is 11.8 Å². The molecule has 0 amide bonds. The van der Waals surface area contributed by atoms with Gasteiger partial charge in [0.1, 0.15) is 5.82 Å². The van der Waals surface area contributed by atoms with Gasteiger partial charge >= 0.3 is 0 Å². The molecule has 1 saturated heterocycles. The Morgan fingerprint density at radius 1 is 1.36 bits per heavy atom. The van der Waals surface area contributed by atoms with Crippen LogP contribution in [0.25, 0.3) is 0 Å². The number of nitrogens with zero attached hydrogens (tertiary/aromatic N) is 3. The molecule has 2 rings (SSSR count). The van der Waals surface area contributed by atoms with Crippen LogP contribution < -0.4 is 16.0 Å². The van der Waals surface area contributed by atoms with E-state index >= 15 is 0 Å². The fourth-order valence-corrected chi connectivity index (χ4v) is 1.63. The fraction of sp³-hybridized carbons (Fsp3) is 0.556. The molecule has 76 valence electrons. The van der Waals surface area contributed by atoms with Crippen LogP contribution in [0.4, 0.5) is 11.8 Å². The maximum atomic E-state index is 5.60. The Morgan fingerprint density at radius 3 is 2.71 bits per heavy atom. The molecule has 0 bridgehead atoms. The van der Waals surface area contributed by atoms with E-state index in [1.807, 2.05) is 13.0 Å². The van der Waals surface area contributed by atoms with Crippen molar-refractivity contribution in [1.82, 2.24) is 15.3 Å². The first kappa shape index (κ1) is 9.21. The molecule has 5 nitrogen and oxygen atoms in total. The second-order valence-corrected chi connectivity index (χ2v) is 3.46. The summed E-state index contributed by atoms with van der Waals surface area (Å²) in [7, 11) is 0. The maximum Gasteiger partial charge on any atom is 0.222 e. The number of nitrogens with two attached hydrogens (primary N) is 1. The van der Waals surface area contributed by atoms with E-state index in [2.05, 4.69) is 20.2 Å². The molecule has 0 radical (unpaired) electrons.